The zero-order valence-corrected chi connectivity index (χ0v) is 9.27. The van der Waals surface area contributed by atoms with Crippen molar-refractivity contribution in [2.24, 2.45) is 0 Å². The Hall–Kier alpha value is -2.04. The van der Waals surface area contributed by atoms with Gasteiger partial charge in [0.1, 0.15) is 17.6 Å². The summed E-state index contributed by atoms with van der Waals surface area (Å²) in [5.41, 5.74) is 6.39. The van der Waals surface area contributed by atoms with Crippen LogP contribution in [-0.4, -0.2) is 9.97 Å². The van der Waals surface area contributed by atoms with Crippen LogP contribution in [0.1, 0.15) is 24.6 Å². The van der Waals surface area contributed by atoms with Crippen LogP contribution >= 0.6 is 0 Å². The molecule has 3 N–H and O–H groups in total. The van der Waals surface area contributed by atoms with Gasteiger partial charge in [0.25, 0.3) is 0 Å². The van der Waals surface area contributed by atoms with Gasteiger partial charge in [-0.2, -0.15) is 0 Å². The highest BCUT2D eigenvalue weighted by Gasteiger charge is 2.12. The van der Waals surface area contributed by atoms with E-state index in [0.717, 1.165) is 5.76 Å². The molecule has 2 rings (SSSR count). The number of hydrogen-bond donors (Lipinski definition) is 2. The molecule has 0 amide bonds. The molecule has 5 nitrogen and oxygen atoms in total. The predicted molar refractivity (Wildman–Crippen MR) is 61.9 cm³/mol. The van der Waals surface area contributed by atoms with Crippen LogP contribution in [0.3, 0.4) is 0 Å². The molecule has 2 aromatic rings. The number of anilines is 2. The average molecular weight is 218 g/mol. The van der Waals surface area contributed by atoms with Crippen LogP contribution in [0.25, 0.3) is 0 Å². The topological polar surface area (TPSA) is 77.0 Å². The highest BCUT2D eigenvalue weighted by atomic mass is 16.4. The quantitative estimate of drug-likeness (QED) is 0.825. The third kappa shape index (κ3) is 2.13. The number of nitrogen functional groups attached to an aromatic ring is 1. The summed E-state index contributed by atoms with van der Waals surface area (Å²) in [4.78, 5) is 8.29. The highest BCUT2D eigenvalue weighted by Crippen LogP contribution is 2.21. The van der Waals surface area contributed by atoms with Gasteiger partial charge >= 0.3 is 0 Å². The summed E-state index contributed by atoms with van der Waals surface area (Å²) in [7, 11) is 0. The zero-order chi connectivity index (χ0) is 11.5. The van der Waals surface area contributed by atoms with Gasteiger partial charge in [0.15, 0.2) is 0 Å². The standard InChI is InChI=1S/C11H14N4O/c1-7-6-14-11(16-7)8(2)15-10-9(12)4-3-5-13-10/h3-6,8H,12H2,1-2H3,(H,13,15). The van der Waals surface area contributed by atoms with E-state index in [1.165, 1.54) is 0 Å². The molecule has 2 aromatic heterocycles. The third-order valence-electron chi connectivity index (χ3n) is 2.20. The largest absolute Gasteiger partial charge is 0.444 e. The Kier molecular flexibility index (Phi) is 2.76. The van der Waals surface area contributed by atoms with E-state index in [9.17, 15) is 0 Å². The minimum Gasteiger partial charge on any atom is -0.444 e. The van der Waals surface area contributed by atoms with Crippen LogP contribution in [-0.2, 0) is 0 Å². The Morgan fingerprint density at radius 3 is 2.88 bits per heavy atom. The van der Waals surface area contributed by atoms with Crippen molar-refractivity contribution in [2.45, 2.75) is 19.9 Å². The average Bonchev–Trinajstić information content (AvgIpc) is 2.68. The van der Waals surface area contributed by atoms with Crippen LogP contribution in [0.4, 0.5) is 11.5 Å². The fourth-order valence-electron chi connectivity index (χ4n) is 1.38. The maximum Gasteiger partial charge on any atom is 0.216 e. The number of nitrogens with zero attached hydrogens (tertiary/aromatic N) is 2. The summed E-state index contributed by atoms with van der Waals surface area (Å²) in [6.45, 7) is 3.80. The highest BCUT2D eigenvalue weighted by molar-refractivity contribution is 5.60. The second-order valence-electron chi connectivity index (χ2n) is 3.62. The first-order valence-corrected chi connectivity index (χ1v) is 5.06. The summed E-state index contributed by atoms with van der Waals surface area (Å²) < 4.78 is 5.42. The molecule has 0 aliphatic rings. The minimum absolute atomic E-state index is 0.0640. The van der Waals surface area contributed by atoms with Crippen LogP contribution in [0.2, 0.25) is 0 Å². The minimum atomic E-state index is -0.0640. The van der Waals surface area contributed by atoms with E-state index in [0.29, 0.717) is 17.4 Å². The first kappa shape index (κ1) is 10.5. The van der Waals surface area contributed by atoms with Gasteiger partial charge in [-0.25, -0.2) is 9.97 Å². The number of nitrogens with two attached hydrogens (primary N) is 1. The van der Waals surface area contributed by atoms with Crippen molar-refractivity contribution in [3.63, 3.8) is 0 Å². The van der Waals surface area contributed by atoms with E-state index >= 15 is 0 Å². The summed E-state index contributed by atoms with van der Waals surface area (Å²) in [6, 6.07) is 3.52. The Labute approximate surface area is 93.7 Å². The Bertz CT molecular complexity index is 480. The van der Waals surface area contributed by atoms with Crippen LogP contribution < -0.4 is 11.1 Å². The Morgan fingerprint density at radius 2 is 2.25 bits per heavy atom. The number of rotatable bonds is 3. The number of aromatic nitrogens is 2. The summed E-state index contributed by atoms with van der Waals surface area (Å²) in [5, 5.41) is 3.15. The Balaban J connectivity index is 2.13. The molecule has 1 unspecified atom stereocenters. The Morgan fingerprint density at radius 1 is 1.44 bits per heavy atom. The van der Waals surface area contributed by atoms with E-state index in [1.54, 1.807) is 24.5 Å². The van der Waals surface area contributed by atoms with E-state index in [2.05, 4.69) is 15.3 Å². The van der Waals surface area contributed by atoms with Gasteiger partial charge in [-0.15, -0.1) is 0 Å². The van der Waals surface area contributed by atoms with Gasteiger partial charge < -0.3 is 15.5 Å². The van der Waals surface area contributed by atoms with E-state index in [-0.39, 0.29) is 6.04 Å². The molecule has 0 saturated carbocycles. The molecule has 0 aliphatic heterocycles. The molecule has 0 bridgehead atoms. The molecule has 0 spiro atoms. The van der Waals surface area contributed by atoms with Crippen molar-refractivity contribution < 1.29 is 4.42 Å². The van der Waals surface area contributed by atoms with E-state index in [1.807, 2.05) is 13.8 Å². The van der Waals surface area contributed by atoms with Crippen molar-refractivity contribution in [1.82, 2.24) is 9.97 Å². The molecule has 0 fully saturated rings. The van der Waals surface area contributed by atoms with Crippen LogP contribution in [0.5, 0.6) is 0 Å². The van der Waals surface area contributed by atoms with Crippen molar-refractivity contribution >= 4 is 11.5 Å². The molecule has 0 aliphatic carbocycles. The summed E-state index contributed by atoms with van der Waals surface area (Å²) >= 11 is 0. The number of nitrogens with one attached hydrogen (secondary N) is 1. The van der Waals surface area contributed by atoms with Crippen molar-refractivity contribution in [3.05, 3.63) is 36.2 Å². The monoisotopic (exact) mass is 218 g/mol. The molecule has 0 radical (unpaired) electrons. The maximum absolute atomic E-state index is 5.78. The van der Waals surface area contributed by atoms with Crippen molar-refractivity contribution in [3.8, 4) is 0 Å². The lowest BCUT2D eigenvalue weighted by Crippen LogP contribution is -2.09. The molecule has 0 aromatic carbocycles. The third-order valence-corrected chi connectivity index (χ3v) is 2.20. The van der Waals surface area contributed by atoms with E-state index in [4.69, 9.17) is 10.2 Å². The van der Waals surface area contributed by atoms with Gasteiger partial charge in [0, 0.05) is 6.20 Å². The number of pyridine rings is 1. The molecular weight excluding hydrogens is 204 g/mol. The second kappa shape index (κ2) is 4.22. The molecule has 0 saturated heterocycles. The number of oxazole rings is 1. The fourth-order valence-corrected chi connectivity index (χ4v) is 1.38. The van der Waals surface area contributed by atoms with Gasteiger partial charge in [-0.3, -0.25) is 0 Å². The normalized spacial score (nSPS) is 12.4. The molecule has 5 heteroatoms. The summed E-state index contributed by atoms with van der Waals surface area (Å²) in [6.07, 6.45) is 3.38. The van der Waals surface area contributed by atoms with Gasteiger partial charge in [0.2, 0.25) is 5.89 Å². The fraction of sp³-hybridized carbons (Fsp3) is 0.273. The molecule has 84 valence electrons. The van der Waals surface area contributed by atoms with Gasteiger partial charge in [0.05, 0.1) is 11.9 Å². The SMILES string of the molecule is Cc1cnc(C(C)Nc2ncccc2N)o1. The van der Waals surface area contributed by atoms with Crippen molar-refractivity contribution in [1.29, 1.82) is 0 Å². The maximum atomic E-state index is 5.78. The zero-order valence-electron chi connectivity index (χ0n) is 9.27. The van der Waals surface area contributed by atoms with Crippen molar-refractivity contribution in [2.75, 3.05) is 11.1 Å². The van der Waals surface area contributed by atoms with Gasteiger partial charge in [-0.05, 0) is 26.0 Å². The smallest absolute Gasteiger partial charge is 0.216 e. The first-order chi connectivity index (χ1) is 7.66. The predicted octanol–water partition coefficient (Wildman–Crippen LogP) is 2.13. The van der Waals surface area contributed by atoms with Crippen LogP contribution in [0.15, 0.2) is 28.9 Å². The lowest BCUT2D eigenvalue weighted by atomic mass is 10.3. The lowest BCUT2D eigenvalue weighted by molar-refractivity contribution is 0.453. The number of aryl methyl sites for hydroxylation is 1. The molecular formula is C11H14N4O. The molecule has 1 atom stereocenters. The molecule has 2 heterocycles. The lowest BCUT2D eigenvalue weighted by Gasteiger charge is -2.12. The second-order valence-corrected chi connectivity index (χ2v) is 3.62. The van der Waals surface area contributed by atoms with Crippen LogP contribution in [0, 0.1) is 6.92 Å². The van der Waals surface area contributed by atoms with E-state index < -0.39 is 0 Å². The summed E-state index contributed by atoms with van der Waals surface area (Å²) in [5.74, 6) is 2.06. The number of hydrogen-bond acceptors (Lipinski definition) is 5. The molecule has 16 heavy (non-hydrogen) atoms. The van der Waals surface area contributed by atoms with Gasteiger partial charge in [-0.1, -0.05) is 0 Å². The first-order valence-electron chi connectivity index (χ1n) is 5.06.